The van der Waals surface area contributed by atoms with Crippen molar-refractivity contribution in [1.82, 2.24) is 15.1 Å². The minimum absolute atomic E-state index is 0.136. The maximum absolute atomic E-state index is 12.2. The standard InChI is InChI=1S/C22H18N4O3/c27-20(12-13-21-25-22(26-29-21)16-5-4-14-23-15-16)24-17-8-10-19(11-9-17)28-18-6-2-1-3-7-18/h1-11,14-15H,12-13H2,(H,24,27). The minimum Gasteiger partial charge on any atom is -0.457 e. The van der Waals surface area contributed by atoms with Crippen LogP contribution in [0.4, 0.5) is 5.69 Å². The highest BCUT2D eigenvalue weighted by molar-refractivity contribution is 5.90. The average molecular weight is 386 g/mol. The molecule has 7 heteroatoms. The second-order valence-electron chi connectivity index (χ2n) is 6.24. The lowest BCUT2D eigenvalue weighted by molar-refractivity contribution is -0.116. The molecule has 1 amide bonds. The van der Waals surface area contributed by atoms with Crippen molar-refractivity contribution in [3.05, 3.63) is 85.0 Å². The van der Waals surface area contributed by atoms with Crippen LogP contribution in [0.15, 0.2) is 83.6 Å². The Morgan fingerprint density at radius 1 is 0.966 bits per heavy atom. The number of hydrogen-bond donors (Lipinski definition) is 1. The second kappa shape index (κ2) is 8.79. The van der Waals surface area contributed by atoms with E-state index >= 15 is 0 Å². The average Bonchev–Trinajstić information content (AvgIpc) is 3.24. The molecule has 2 heterocycles. The van der Waals surface area contributed by atoms with Crippen LogP contribution in [0.3, 0.4) is 0 Å². The summed E-state index contributed by atoms with van der Waals surface area (Å²) < 4.78 is 10.9. The van der Waals surface area contributed by atoms with Crippen LogP contribution < -0.4 is 10.1 Å². The maximum Gasteiger partial charge on any atom is 0.227 e. The quantitative estimate of drug-likeness (QED) is 0.503. The van der Waals surface area contributed by atoms with Crippen molar-refractivity contribution in [3.63, 3.8) is 0 Å². The van der Waals surface area contributed by atoms with Gasteiger partial charge in [0.15, 0.2) is 0 Å². The molecule has 1 N–H and O–H groups in total. The van der Waals surface area contributed by atoms with E-state index in [1.807, 2.05) is 36.4 Å². The Kier molecular flexibility index (Phi) is 5.57. The molecule has 4 aromatic rings. The highest BCUT2D eigenvalue weighted by atomic mass is 16.5. The summed E-state index contributed by atoms with van der Waals surface area (Å²) in [5.41, 5.74) is 1.46. The van der Waals surface area contributed by atoms with Crippen LogP contribution in [0.1, 0.15) is 12.3 Å². The van der Waals surface area contributed by atoms with Crippen LogP contribution in [0.25, 0.3) is 11.4 Å². The van der Waals surface area contributed by atoms with E-state index in [1.54, 1.807) is 42.7 Å². The number of amides is 1. The van der Waals surface area contributed by atoms with Crippen LogP contribution in [-0.2, 0) is 11.2 Å². The van der Waals surface area contributed by atoms with Crippen molar-refractivity contribution in [2.24, 2.45) is 0 Å². The van der Waals surface area contributed by atoms with Crippen LogP contribution >= 0.6 is 0 Å². The zero-order valence-electron chi connectivity index (χ0n) is 15.5. The predicted molar refractivity (Wildman–Crippen MR) is 107 cm³/mol. The number of nitrogens with zero attached hydrogens (tertiary/aromatic N) is 3. The third-order valence-corrected chi connectivity index (χ3v) is 4.07. The lowest BCUT2D eigenvalue weighted by Crippen LogP contribution is -2.12. The lowest BCUT2D eigenvalue weighted by Gasteiger charge is -2.07. The third kappa shape index (κ3) is 5.04. The topological polar surface area (TPSA) is 90.1 Å². The number of pyridine rings is 1. The largest absolute Gasteiger partial charge is 0.457 e. The summed E-state index contributed by atoms with van der Waals surface area (Å²) in [5.74, 6) is 2.19. The number of para-hydroxylation sites is 1. The number of benzene rings is 2. The van der Waals surface area contributed by atoms with Crippen molar-refractivity contribution < 1.29 is 14.1 Å². The van der Waals surface area contributed by atoms with Crippen molar-refractivity contribution in [2.45, 2.75) is 12.8 Å². The van der Waals surface area contributed by atoms with E-state index in [4.69, 9.17) is 9.26 Å². The number of carbonyl (C=O) groups excluding carboxylic acids is 1. The predicted octanol–water partition coefficient (Wildman–Crippen LogP) is 4.50. The molecule has 0 saturated carbocycles. The maximum atomic E-state index is 12.2. The zero-order valence-corrected chi connectivity index (χ0v) is 15.5. The Labute approximate surface area is 167 Å². The molecule has 0 atom stereocenters. The van der Waals surface area contributed by atoms with Gasteiger partial charge in [0.2, 0.25) is 17.6 Å². The van der Waals surface area contributed by atoms with E-state index in [2.05, 4.69) is 20.4 Å². The van der Waals surface area contributed by atoms with Crippen molar-refractivity contribution in [1.29, 1.82) is 0 Å². The minimum atomic E-state index is -0.136. The van der Waals surface area contributed by atoms with Crippen molar-refractivity contribution in [3.8, 4) is 22.9 Å². The zero-order chi connectivity index (χ0) is 19.9. The molecule has 0 aliphatic carbocycles. The van der Waals surface area contributed by atoms with Gasteiger partial charge in [0, 0.05) is 36.5 Å². The summed E-state index contributed by atoms with van der Waals surface area (Å²) in [4.78, 5) is 20.5. The first-order valence-electron chi connectivity index (χ1n) is 9.12. The Bertz CT molecular complexity index is 1060. The molecule has 2 aromatic heterocycles. The number of aryl methyl sites for hydroxylation is 1. The first-order chi connectivity index (χ1) is 14.3. The van der Waals surface area contributed by atoms with Crippen LogP contribution in [-0.4, -0.2) is 21.0 Å². The summed E-state index contributed by atoms with van der Waals surface area (Å²) in [6.07, 6.45) is 3.92. The number of hydrogen-bond acceptors (Lipinski definition) is 6. The van der Waals surface area contributed by atoms with Gasteiger partial charge >= 0.3 is 0 Å². The summed E-state index contributed by atoms with van der Waals surface area (Å²) in [7, 11) is 0. The molecular formula is C22H18N4O3. The van der Waals surface area contributed by atoms with Gasteiger partial charge < -0.3 is 14.6 Å². The van der Waals surface area contributed by atoms with Crippen LogP contribution in [0.2, 0.25) is 0 Å². The summed E-state index contributed by atoms with van der Waals surface area (Å²) in [6.45, 7) is 0. The van der Waals surface area contributed by atoms with Gasteiger partial charge in [-0.2, -0.15) is 4.98 Å². The Hall–Kier alpha value is -4.00. The molecule has 0 aliphatic rings. The summed E-state index contributed by atoms with van der Waals surface area (Å²) in [6, 6.07) is 20.4. The van der Waals surface area contributed by atoms with E-state index in [1.165, 1.54) is 0 Å². The molecule has 144 valence electrons. The highest BCUT2D eigenvalue weighted by Gasteiger charge is 2.11. The van der Waals surface area contributed by atoms with Crippen molar-refractivity contribution in [2.75, 3.05) is 5.32 Å². The number of anilines is 1. The Morgan fingerprint density at radius 3 is 2.52 bits per heavy atom. The number of rotatable bonds is 7. The molecule has 29 heavy (non-hydrogen) atoms. The lowest BCUT2D eigenvalue weighted by atomic mass is 10.2. The first kappa shape index (κ1) is 18.4. The fourth-order valence-corrected chi connectivity index (χ4v) is 2.64. The van der Waals surface area contributed by atoms with Gasteiger partial charge in [0.25, 0.3) is 0 Å². The molecule has 0 aliphatic heterocycles. The van der Waals surface area contributed by atoms with Gasteiger partial charge in [0.1, 0.15) is 11.5 Å². The number of carbonyl (C=O) groups is 1. The van der Waals surface area contributed by atoms with E-state index in [9.17, 15) is 4.79 Å². The molecule has 0 radical (unpaired) electrons. The summed E-state index contributed by atoms with van der Waals surface area (Å²) >= 11 is 0. The fourth-order valence-electron chi connectivity index (χ4n) is 2.64. The Morgan fingerprint density at radius 2 is 1.76 bits per heavy atom. The number of ether oxygens (including phenoxy) is 1. The smallest absolute Gasteiger partial charge is 0.227 e. The monoisotopic (exact) mass is 386 g/mol. The summed E-state index contributed by atoms with van der Waals surface area (Å²) in [5, 5.41) is 6.77. The third-order valence-electron chi connectivity index (χ3n) is 4.07. The fraction of sp³-hybridized carbons (Fsp3) is 0.0909. The van der Waals surface area contributed by atoms with Gasteiger partial charge in [-0.05, 0) is 48.5 Å². The van der Waals surface area contributed by atoms with Gasteiger partial charge in [-0.3, -0.25) is 9.78 Å². The molecule has 0 spiro atoms. The van der Waals surface area contributed by atoms with Gasteiger partial charge in [0.05, 0.1) is 0 Å². The number of aromatic nitrogens is 3. The van der Waals surface area contributed by atoms with Crippen LogP contribution in [0, 0.1) is 0 Å². The number of nitrogens with one attached hydrogen (secondary N) is 1. The first-order valence-corrected chi connectivity index (χ1v) is 9.12. The molecule has 0 fully saturated rings. The second-order valence-corrected chi connectivity index (χ2v) is 6.24. The van der Waals surface area contributed by atoms with E-state index < -0.39 is 0 Å². The molecule has 0 bridgehead atoms. The molecular weight excluding hydrogens is 368 g/mol. The van der Waals surface area contributed by atoms with Crippen molar-refractivity contribution >= 4 is 11.6 Å². The molecule has 2 aromatic carbocycles. The molecule has 0 unspecified atom stereocenters. The van der Waals surface area contributed by atoms with E-state index in [0.29, 0.717) is 29.6 Å². The van der Waals surface area contributed by atoms with Gasteiger partial charge in [-0.1, -0.05) is 23.4 Å². The van der Waals surface area contributed by atoms with Gasteiger partial charge in [-0.25, -0.2) is 0 Å². The molecule has 4 rings (SSSR count). The van der Waals surface area contributed by atoms with E-state index in [0.717, 1.165) is 11.3 Å². The van der Waals surface area contributed by atoms with Crippen LogP contribution in [0.5, 0.6) is 11.5 Å². The molecule has 7 nitrogen and oxygen atoms in total. The van der Waals surface area contributed by atoms with Gasteiger partial charge in [-0.15, -0.1) is 0 Å². The highest BCUT2D eigenvalue weighted by Crippen LogP contribution is 2.22. The molecule has 0 saturated heterocycles. The van der Waals surface area contributed by atoms with E-state index in [-0.39, 0.29) is 12.3 Å². The Balaban J connectivity index is 1.28. The normalized spacial score (nSPS) is 10.5. The SMILES string of the molecule is O=C(CCc1nc(-c2cccnc2)no1)Nc1ccc(Oc2ccccc2)cc1.